The van der Waals surface area contributed by atoms with Crippen molar-refractivity contribution >= 4 is 0 Å². The average Bonchev–Trinajstić information content (AvgIpc) is 2.71. The van der Waals surface area contributed by atoms with Crippen LogP contribution in [-0.2, 0) is 6.42 Å². The number of phenolic OH excluding ortho intramolecular Hbond substituents is 1. The minimum Gasteiger partial charge on any atom is -0.508 e. The van der Waals surface area contributed by atoms with Crippen LogP contribution in [0.1, 0.15) is 57.2 Å². The summed E-state index contributed by atoms with van der Waals surface area (Å²) in [4.78, 5) is 0. The lowest BCUT2D eigenvalue weighted by atomic mass is 9.99. The Morgan fingerprint density at radius 3 is 2.89 bits per heavy atom. The van der Waals surface area contributed by atoms with Gasteiger partial charge in [0.25, 0.3) is 0 Å². The summed E-state index contributed by atoms with van der Waals surface area (Å²) in [6.07, 6.45) is 4.72. The molecule has 0 spiro atoms. The van der Waals surface area contributed by atoms with Crippen LogP contribution in [0, 0.1) is 5.92 Å². The Kier molecular flexibility index (Phi) is 4.28. The second-order valence-corrected chi connectivity index (χ2v) is 5.79. The lowest BCUT2D eigenvalue weighted by molar-refractivity contribution is 0.374. The molecule has 0 saturated heterocycles. The highest BCUT2D eigenvalue weighted by Crippen LogP contribution is 2.33. The molecule has 2 heteroatoms. The first-order valence-corrected chi connectivity index (χ1v) is 7.18. The quantitative estimate of drug-likeness (QED) is 0.829. The predicted octanol–water partition coefficient (Wildman–Crippen LogP) is 3.79. The molecule has 0 amide bonds. The predicted molar refractivity (Wildman–Crippen MR) is 75.8 cm³/mol. The van der Waals surface area contributed by atoms with Crippen LogP contribution in [0.4, 0.5) is 0 Å². The number of phenols is 1. The van der Waals surface area contributed by atoms with Crippen LogP contribution in [-0.4, -0.2) is 11.1 Å². The van der Waals surface area contributed by atoms with E-state index in [4.69, 9.17) is 0 Å². The maximum absolute atomic E-state index is 9.49. The van der Waals surface area contributed by atoms with Gasteiger partial charge in [0.1, 0.15) is 5.75 Å². The molecular weight excluding hydrogens is 222 g/mol. The smallest absolute Gasteiger partial charge is 0.115 e. The summed E-state index contributed by atoms with van der Waals surface area (Å²) in [5, 5.41) is 13.2. The van der Waals surface area contributed by atoms with Crippen LogP contribution in [0.25, 0.3) is 0 Å². The zero-order chi connectivity index (χ0) is 13.1. The Morgan fingerprint density at radius 1 is 1.39 bits per heavy atom. The van der Waals surface area contributed by atoms with Crippen molar-refractivity contribution in [3.8, 4) is 5.75 Å². The van der Waals surface area contributed by atoms with Crippen molar-refractivity contribution in [1.29, 1.82) is 0 Å². The molecule has 0 fully saturated rings. The van der Waals surface area contributed by atoms with Crippen molar-refractivity contribution < 1.29 is 5.11 Å². The van der Waals surface area contributed by atoms with Crippen LogP contribution < -0.4 is 5.32 Å². The van der Waals surface area contributed by atoms with Crippen LogP contribution >= 0.6 is 0 Å². The summed E-state index contributed by atoms with van der Waals surface area (Å²) in [6.45, 7) is 6.86. The van der Waals surface area contributed by atoms with Gasteiger partial charge in [-0.05, 0) is 55.4 Å². The molecule has 0 aliphatic heterocycles. The fourth-order valence-electron chi connectivity index (χ4n) is 2.96. The zero-order valence-corrected chi connectivity index (χ0v) is 11.7. The van der Waals surface area contributed by atoms with E-state index in [9.17, 15) is 5.11 Å². The monoisotopic (exact) mass is 247 g/mol. The summed E-state index contributed by atoms with van der Waals surface area (Å²) in [6, 6.07) is 6.82. The van der Waals surface area contributed by atoms with E-state index in [-0.39, 0.29) is 0 Å². The first-order chi connectivity index (χ1) is 8.60. The second kappa shape index (κ2) is 5.75. The average molecular weight is 247 g/mol. The van der Waals surface area contributed by atoms with Gasteiger partial charge in [-0.15, -0.1) is 0 Å². The largest absolute Gasteiger partial charge is 0.508 e. The standard InChI is InChI=1S/C16H25NO/c1-4-11(2)9-12(3)17-16-8-5-13-10-14(18)6-7-15(13)16/h6-7,10-12,16-18H,4-5,8-9H2,1-3H3. The molecule has 2 rings (SSSR count). The maximum atomic E-state index is 9.49. The number of nitrogens with one attached hydrogen (secondary N) is 1. The van der Waals surface area contributed by atoms with Gasteiger partial charge < -0.3 is 10.4 Å². The Bertz CT molecular complexity index is 402. The summed E-state index contributed by atoms with van der Waals surface area (Å²) in [5.41, 5.74) is 2.69. The van der Waals surface area contributed by atoms with Crippen LogP contribution in [0.5, 0.6) is 5.75 Å². The summed E-state index contributed by atoms with van der Waals surface area (Å²) in [5.74, 6) is 1.18. The molecule has 2 N–H and O–H groups in total. The molecular formula is C16H25NO. The fraction of sp³-hybridized carbons (Fsp3) is 0.625. The second-order valence-electron chi connectivity index (χ2n) is 5.79. The van der Waals surface area contributed by atoms with Gasteiger partial charge in [0.2, 0.25) is 0 Å². The van der Waals surface area contributed by atoms with Gasteiger partial charge in [0.15, 0.2) is 0 Å². The zero-order valence-electron chi connectivity index (χ0n) is 11.7. The molecule has 1 aromatic carbocycles. The molecule has 3 atom stereocenters. The Labute approximate surface area is 110 Å². The molecule has 0 saturated carbocycles. The maximum Gasteiger partial charge on any atom is 0.115 e. The molecule has 18 heavy (non-hydrogen) atoms. The highest BCUT2D eigenvalue weighted by Gasteiger charge is 2.24. The number of aromatic hydroxyl groups is 1. The summed E-state index contributed by atoms with van der Waals surface area (Å²) in [7, 11) is 0. The highest BCUT2D eigenvalue weighted by molar-refractivity contribution is 5.40. The lowest BCUT2D eigenvalue weighted by Gasteiger charge is -2.22. The number of rotatable bonds is 5. The Morgan fingerprint density at radius 2 is 2.17 bits per heavy atom. The van der Waals surface area contributed by atoms with Gasteiger partial charge >= 0.3 is 0 Å². The molecule has 3 unspecified atom stereocenters. The molecule has 1 aliphatic rings. The fourth-order valence-corrected chi connectivity index (χ4v) is 2.96. The third kappa shape index (κ3) is 3.05. The number of aryl methyl sites for hydroxylation is 1. The van der Waals surface area contributed by atoms with Gasteiger partial charge in [-0.3, -0.25) is 0 Å². The van der Waals surface area contributed by atoms with Gasteiger partial charge in [0.05, 0.1) is 0 Å². The van der Waals surface area contributed by atoms with E-state index < -0.39 is 0 Å². The molecule has 0 aromatic heterocycles. The van der Waals surface area contributed by atoms with Gasteiger partial charge in [-0.2, -0.15) is 0 Å². The first-order valence-electron chi connectivity index (χ1n) is 7.18. The van der Waals surface area contributed by atoms with Crippen molar-refractivity contribution in [3.63, 3.8) is 0 Å². The van der Waals surface area contributed by atoms with Crippen LogP contribution in [0.15, 0.2) is 18.2 Å². The highest BCUT2D eigenvalue weighted by atomic mass is 16.3. The van der Waals surface area contributed by atoms with Crippen LogP contribution in [0.2, 0.25) is 0 Å². The van der Waals surface area contributed by atoms with Crippen molar-refractivity contribution in [2.75, 3.05) is 0 Å². The van der Waals surface area contributed by atoms with Crippen molar-refractivity contribution in [3.05, 3.63) is 29.3 Å². The van der Waals surface area contributed by atoms with Crippen molar-refractivity contribution in [2.24, 2.45) is 5.92 Å². The summed E-state index contributed by atoms with van der Waals surface area (Å²) < 4.78 is 0. The molecule has 1 aliphatic carbocycles. The number of benzene rings is 1. The van der Waals surface area contributed by atoms with E-state index in [2.05, 4.69) is 32.2 Å². The molecule has 0 bridgehead atoms. The third-order valence-electron chi connectivity index (χ3n) is 4.14. The van der Waals surface area contributed by atoms with Gasteiger partial charge in [-0.1, -0.05) is 26.3 Å². The summed E-state index contributed by atoms with van der Waals surface area (Å²) >= 11 is 0. The van der Waals surface area contributed by atoms with E-state index >= 15 is 0 Å². The van der Waals surface area contributed by atoms with Gasteiger partial charge in [0, 0.05) is 12.1 Å². The molecule has 100 valence electrons. The topological polar surface area (TPSA) is 32.3 Å². The van der Waals surface area contributed by atoms with E-state index in [0.29, 0.717) is 17.8 Å². The van der Waals surface area contributed by atoms with Crippen LogP contribution in [0.3, 0.4) is 0 Å². The lowest BCUT2D eigenvalue weighted by Crippen LogP contribution is -2.30. The van der Waals surface area contributed by atoms with Gasteiger partial charge in [-0.25, -0.2) is 0 Å². The van der Waals surface area contributed by atoms with E-state index in [0.717, 1.165) is 18.8 Å². The number of hydrogen-bond acceptors (Lipinski definition) is 2. The van der Waals surface area contributed by atoms with E-state index in [1.165, 1.54) is 24.0 Å². The molecule has 0 heterocycles. The van der Waals surface area contributed by atoms with Crippen molar-refractivity contribution in [1.82, 2.24) is 5.32 Å². The molecule has 0 radical (unpaired) electrons. The number of hydrogen-bond donors (Lipinski definition) is 2. The SMILES string of the molecule is CCC(C)CC(C)NC1CCc2cc(O)ccc21. The third-order valence-corrected chi connectivity index (χ3v) is 4.14. The Hall–Kier alpha value is -1.02. The van der Waals surface area contributed by atoms with Crippen molar-refractivity contribution in [2.45, 2.75) is 58.5 Å². The first kappa shape index (κ1) is 13.4. The number of fused-ring (bicyclic) bond motifs is 1. The minimum absolute atomic E-state index is 0.391. The van der Waals surface area contributed by atoms with E-state index in [1.807, 2.05) is 6.07 Å². The minimum atomic E-state index is 0.391. The molecule has 2 nitrogen and oxygen atoms in total. The Balaban J connectivity index is 1.97. The van der Waals surface area contributed by atoms with E-state index in [1.54, 1.807) is 6.07 Å². The normalized spacial score (nSPS) is 21.6. The molecule has 1 aromatic rings.